The van der Waals surface area contributed by atoms with E-state index in [2.05, 4.69) is 6.92 Å². The lowest BCUT2D eigenvalue weighted by atomic mass is 10.3. The number of thioether (sulfide) groups is 1. The monoisotopic (exact) mass is 145 g/mol. The molecule has 0 aromatic rings. The molecule has 1 fully saturated rings. The van der Waals surface area contributed by atoms with Crippen LogP contribution in [-0.2, 0) is 4.79 Å². The Morgan fingerprint density at radius 2 is 2.00 bits per heavy atom. The van der Waals surface area contributed by atoms with Gasteiger partial charge in [-0.1, -0.05) is 6.92 Å². The number of rotatable bonds is 1. The summed E-state index contributed by atoms with van der Waals surface area (Å²) >= 11 is 1.74. The molecule has 2 atom stereocenters. The van der Waals surface area contributed by atoms with E-state index in [9.17, 15) is 4.79 Å². The maximum Gasteiger partial charge on any atom is 0.236 e. The molecule has 1 aliphatic heterocycles. The SMILES string of the molecule is C[C@H]1S[C@H]1C(=O)N(C)C. The van der Waals surface area contributed by atoms with Gasteiger partial charge in [-0.2, -0.15) is 0 Å². The average Bonchev–Trinajstić information content (AvgIpc) is 2.44. The highest BCUT2D eigenvalue weighted by Crippen LogP contribution is 2.41. The van der Waals surface area contributed by atoms with Crippen LogP contribution in [0.4, 0.5) is 0 Å². The highest BCUT2D eigenvalue weighted by molar-refractivity contribution is 8.08. The van der Waals surface area contributed by atoms with Crippen LogP contribution in [0.3, 0.4) is 0 Å². The molecule has 9 heavy (non-hydrogen) atoms. The molecule has 0 aromatic carbocycles. The van der Waals surface area contributed by atoms with Gasteiger partial charge in [0.25, 0.3) is 0 Å². The molecule has 1 aliphatic rings. The molecule has 1 heterocycles. The summed E-state index contributed by atoms with van der Waals surface area (Å²) in [4.78, 5) is 12.7. The van der Waals surface area contributed by atoms with Crippen molar-refractivity contribution >= 4 is 17.7 Å². The van der Waals surface area contributed by atoms with Crippen molar-refractivity contribution in [2.24, 2.45) is 0 Å². The van der Waals surface area contributed by atoms with Gasteiger partial charge in [0, 0.05) is 19.3 Å². The summed E-state index contributed by atoms with van der Waals surface area (Å²) < 4.78 is 0. The Balaban J connectivity index is 2.36. The normalized spacial score (nSPS) is 31.9. The molecule has 0 bridgehead atoms. The van der Waals surface area contributed by atoms with Crippen molar-refractivity contribution in [2.75, 3.05) is 14.1 Å². The van der Waals surface area contributed by atoms with Gasteiger partial charge in [0.05, 0.1) is 5.25 Å². The Hall–Kier alpha value is -0.180. The topological polar surface area (TPSA) is 20.3 Å². The number of hydrogen-bond donors (Lipinski definition) is 0. The summed E-state index contributed by atoms with van der Waals surface area (Å²) in [7, 11) is 3.60. The molecule has 0 spiro atoms. The van der Waals surface area contributed by atoms with E-state index in [1.54, 1.807) is 30.8 Å². The van der Waals surface area contributed by atoms with E-state index >= 15 is 0 Å². The van der Waals surface area contributed by atoms with Gasteiger partial charge in [-0.05, 0) is 0 Å². The van der Waals surface area contributed by atoms with Crippen molar-refractivity contribution in [2.45, 2.75) is 17.4 Å². The number of carbonyl (C=O) groups is 1. The first kappa shape index (κ1) is 6.93. The molecule has 0 unspecified atom stereocenters. The van der Waals surface area contributed by atoms with Gasteiger partial charge in [-0.3, -0.25) is 4.79 Å². The fourth-order valence-electron chi connectivity index (χ4n) is 0.699. The Morgan fingerprint density at radius 3 is 2.11 bits per heavy atom. The van der Waals surface area contributed by atoms with Crippen LogP contribution in [0.1, 0.15) is 6.92 Å². The van der Waals surface area contributed by atoms with Crippen LogP contribution in [0.15, 0.2) is 0 Å². The molecule has 0 saturated carbocycles. The van der Waals surface area contributed by atoms with Crippen LogP contribution in [0.25, 0.3) is 0 Å². The van der Waals surface area contributed by atoms with Crippen molar-refractivity contribution in [1.29, 1.82) is 0 Å². The summed E-state index contributed by atoms with van der Waals surface area (Å²) in [5.41, 5.74) is 0. The highest BCUT2D eigenvalue weighted by Gasteiger charge is 2.41. The van der Waals surface area contributed by atoms with Crippen molar-refractivity contribution in [3.8, 4) is 0 Å². The third kappa shape index (κ3) is 1.39. The van der Waals surface area contributed by atoms with E-state index in [1.807, 2.05) is 0 Å². The van der Waals surface area contributed by atoms with Gasteiger partial charge in [0.15, 0.2) is 0 Å². The molecule has 0 aromatic heterocycles. The molecule has 1 amide bonds. The van der Waals surface area contributed by atoms with Crippen LogP contribution >= 0.6 is 11.8 Å². The number of nitrogens with zero attached hydrogens (tertiary/aromatic N) is 1. The van der Waals surface area contributed by atoms with E-state index in [0.717, 1.165) is 0 Å². The Bertz CT molecular complexity index is 135. The second kappa shape index (κ2) is 2.21. The number of hydrogen-bond acceptors (Lipinski definition) is 2. The first-order valence-electron chi connectivity index (χ1n) is 2.99. The lowest BCUT2D eigenvalue weighted by molar-refractivity contribution is -0.127. The lowest BCUT2D eigenvalue weighted by Gasteiger charge is -2.07. The highest BCUT2D eigenvalue weighted by atomic mass is 32.2. The van der Waals surface area contributed by atoms with E-state index in [4.69, 9.17) is 0 Å². The van der Waals surface area contributed by atoms with Crippen LogP contribution in [0.2, 0.25) is 0 Å². The molecule has 0 aliphatic carbocycles. The smallest absolute Gasteiger partial charge is 0.236 e. The van der Waals surface area contributed by atoms with Crippen LogP contribution in [0, 0.1) is 0 Å². The van der Waals surface area contributed by atoms with Crippen LogP contribution in [-0.4, -0.2) is 35.4 Å². The average molecular weight is 145 g/mol. The lowest BCUT2D eigenvalue weighted by Crippen LogP contribution is -2.26. The zero-order valence-electron chi connectivity index (χ0n) is 5.92. The molecular formula is C6H11NOS. The first-order chi connectivity index (χ1) is 4.13. The van der Waals surface area contributed by atoms with Gasteiger partial charge in [-0.15, -0.1) is 11.8 Å². The summed E-state index contributed by atoms with van der Waals surface area (Å²) in [6.07, 6.45) is 0. The molecule has 0 radical (unpaired) electrons. The fraction of sp³-hybridized carbons (Fsp3) is 0.833. The number of carbonyl (C=O) groups excluding carboxylic acids is 1. The molecule has 2 nitrogen and oxygen atoms in total. The Morgan fingerprint density at radius 1 is 1.56 bits per heavy atom. The predicted molar refractivity (Wildman–Crippen MR) is 39.5 cm³/mol. The molecule has 1 rings (SSSR count). The zero-order chi connectivity index (χ0) is 7.02. The molecule has 1 saturated heterocycles. The molecule has 3 heteroatoms. The van der Waals surface area contributed by atoms with Crippen LogP contribution < -0.4 is 0 Å². The predicted octanol–water partition coefficient (Wildman–Crippen LogP) is 0.578. The maximum absolute atomic E-state index is 11.0. The Kier molecular flexibility index (Phi) is 1.70. The third-order valence-electron chi connectivity index (χ3n) is 1.40. The minimum Gasteiger partial charge on any atom is -0.348 e. The molecular weight excluding hydrogens is 134 g/mol. The van der Waals surface area contributed by atoms with Crippen molar-refractivity contribution in [3.05, 3.63) is 0 Å². The molecule has 52 valence electrons. The quantitative estimate of drug-likeness (QED) is 0.503. The van der Waals surface area contributed by atoms with Gasteiger partial charge < -0.3 is 4.90 Å². The summed E-state index contributed by atoms with van der Waals surface area (Å²) in [5, 5.41) is 0.819. The third-order valence-corrected chi connectivity index (χ3v) is 2.69. The summed E-state index contributed by atoms with van der Waals surface area (Å²) in [6.45, 7) is 2.08. The van der Waals surface area contributed by atoms with Crippen LogP contribution in [0.5, 0.6) is 0 Å². The Labute approximate surface area is 59.6 Å². The summed E-state index contributed by atoms with van der Waals surface area (Å²) in [5.74, 6) is 0.257. The zero-order valence-corrected chi connectivity index (χ0v) is 6.73. The standard InChI is InChI=1S/C6H11NOS/c1-4-5(9-4)6(8)7(2)3/h4-5H,1-3H3/t4-,5-/m1/s1. The van der Waals surface area contributed by atoms with E-state index in [1.165, 1.54) is 0 Å². The first-order valence-corrected chi connectivity index (χ1v) is 3.94. The van der Waals surface area contributed by atoms with Gasteiger partial charge in [-0.25, -0.2) is 0 Å². The van der Waals surface area contributed by atoms with E-state index < -0.39 is 0 Å². The van der Waals surface area contributed by atoms with Crippen molar-refractivity contribution in [3.63, 3.8) is 0 Å². The van der Waals surface area contributed by atoms with Crippen molar-refractivity contribution in [1.82, 2.24) is 4.90 Å². The second-order valence-electron chi connectivity index (χ2n) is 2.49. The summed E-state index contributed by atoms with van der Waals surface area (Å²) in [6, 6.07) is 0. The van der Waals surface area contributed by atoms with Gasteiger partial charge in [0.1, 0.15) is 0 Å². The minimum atomic E-state index is 0.257. The number of amides is 1. The van der Waals surface area contributed by atoms with E-state index in [-0.39, 0.29) is 11.2 Å². The van der Waals surface area contributed by atoms with Gasteiger partial charge >= 0.3 is 0 Å². The van der Waals surface area contributed by atoms with Crippen molar-refractivity contribution < 1.29 is 4.79 Å². The second-order valence-corrected chi connectivity index (χ2v) is 4.02. The van der Waals surface area contributed by atoms with Gasteiger partial charge in [0.2, 0.25) is 5.91 Å². The minimum absolute atomic E-state index is 0.257. The molecule has 0 N–H and O–H groups in total. The fourth-order valence-corrected chi connectivity index (χ4v) is 1.51. The maximum atomic E-state index is 11.0. The van der Waals surface area contributed by atoms with E-state index in [0.29, 0.717) is 5.25 Å². The largest absolute Gasteiger partial charge is 0.348 e.